The van der Waals surface area contributed by atoms with Crippen LogP contribution in [0.2, 0.25) is 0 Å². The van der Waals surface area contributed by atoms with Crippen molar-refractivity contribution in [3.63, 3.8) is 0 Å². The largest absolute Gasteiger partial charge is 0.480 e. The number of nitrogens with one attached hydrogen (secondary N) is 2. The van der Waals surface area contributed by atoms with Gasteiger partial charge in [0.05, 0.1) is 12.9 Å². The number of carbonyl (C=O) groups excluding carboxylic acids is 5. The molecule has 0 spiro atoms. The Morgan fingerprint density at radius 1 is 1.03 bits per heavy atom. The molecule has 0 bridgehead atoms. The van der Waals surface area contributed by atoms with Gasteiger partial charge in [0.15, 0.2) is 0 Å². The molecule has 0 aliphatic rings. The second kappa shape index (κ2) is 16.0. The molecule has 3 atom stereocenters. The molecular formula is C23H30N4O10S. The number of carboxylic acid groups (broad SMARTS) is 2. The molecule has 4 amide bonds. The fraction of sp³-hybridized carbons (Fsp3) is 0.435. The van der Waals surface area contributed by atoms with Gasteiger partial charge in [-0.3, -0.25) is 24.0 Å². The zero-order valence-electron chi connectivity index (χ0n) is 20.7. The topological polar surface area (TPSA) is 222 Å². The number of methoxy groups -OCH3 is 1. The van der Waals surface area contributed by atoms with Gasteiger partial charge in [0.1, 0.15) is 18.1 Å². The maximum absolute atomic E-state index is 12.5. The summed E-state index contributed by atoms with van der Waals surface area (Å²) in [6, 6.07) is 4.89. The van der Waals surface area contributed by atoms with Gasteiger partial charge in [-0.05, 0) is 12.0 Å². The Hall–Kier alpha value is -3.98. The van der Waals surface area contributed by atoms with Gasteiger partial charge in [-0.25, -0.2) is 14.5 Å². The molecule has 14 nitrogen and oxygen atoms in total. The van der Waals surface area contributed by atoms with Crippen LogP contribution in [-0.2, 0) is 39.9 Å². The number of ether oxygens (including phenoxy) is 1. The van der Waals surface area contributed by atoms with Crippen molar-refractivity contribution in [2.75, 3.05) is 25.7 Å². The van der Waals surface area contributed by atoms with E-state index in [1.165, 1.54) is 0 Å². The predicted octanol–water partition coefficient (Wildman–Crippen LogP) is -0.997. The first-order valence-corrected chi connectivity index (χ1v) is 12.3. The van der Waals surface area contributed by atoms with E-state index in [4.69, 9.17) is 15.9 Å². The summed E-state index contributed by atoms with van der Waals surface area (Å²) in [6.45, 7) is 0. The quantitative estimate of drug-likeness (QED) is 0.130. The smallest absolute Gasteiger partial charge is 0.413 e. The fourth-order valence-electron chi connectivity index (χ4n) is 2.94. The van der Waals surface area contributed by atoms with Crippen molar-refractivity contribution in [1.29, 1.82) is 0 Å². The van der Waals surface area contributed by atoms with E-state index in [0.717, 1.165) is 25.9 Å². The van der Waals surface area contributed by atoms with Gasteiger partial charge < -0.3 is 31.3 Å². The molecule has 0 heterocycles. The summed E-state index contributed by atoms with van der Waals surface area (Å²) in [7, 11) is 2.10. The van der Waals surface area contributed by atoms with Crippen molar-refractivity contribution in [2.24, 2.45) is 5.73 Å². The first-order valence-electron chi connectivity index (χ1n) is 11.2. The maximum Gasteiger partial charge on any atom is 0.413 e. The van der Waals surface area contributed by atoms with Crippen LogP contribution in [0.15, 0.2) is 30.3 Å². The van der Waals surface area contributed by atoms with Crippen LogP contribution in [0.1, 0.15) is 18.4 Å². The molecule has 208 valence electrons. The van der Waals surface area contributed by atoms with Crippen LogP contribution < -0.4 is 16.4 Å². The molecule has 3 unspecified atom stereocenters. The summed E-state index contributed by atoms with van der Waals surface area (Å²) >= 11 is 0.771. The molecule has 1 aromatic carbocycles. The van der Waals surface area contributed by atoms with Crippen molar-refractivity contribution in [2.45, 2.75) is 37.4 Å². The van der Waals surface area contributed by atoms with E-state index in [0.29, 0.717) is 10.5 Å². The van der Waals surface area contributed by atoms with Gasteiger partial charge in [-0.15, -0.1) is 0 Å². The first kappa shape index (κ1) is 32.0. The van der Waals surface area contributed by atoms with E-state index in [2.05, 4.69) is 15.4 Å². The number of carboxylic acids is 1. The Bertz CT molecular complexity index is 1040. The molecule has 1 rings (SSSR count). The average Bonchev–Trinajstić information content (AvgIpc) is 2.89. The van der Waals surface area contributed by atoms with E-state index in [1.807, 2.05) is 0 Å². The monoisotopic (exact) mass is 554 g/mol. The second-order valence-corrected chi connectivity index (χ2v) is 8.99. The Labute approximate surface area is 222 Å². The number of aliphatic carboxylic acids is 1. The fourth-order valence-corrected chi connectivity index (χ4v) is 3.83. The highest BCUT2D eigenvalue weighted by Gasteiger charge is 2.29. The molecule has 0 saturated carbocycles. The Morgan fingerprint density at radius 2 is 1.66 bits per heavy atom. The molecule has 0 radical (unpaired) electrons. The van der Waals surface area contributed by atoms with Crippen LogP contribution in [0, 0.1) is 0 Å². The molecule has 1 aromatic rings. The first-order chi connectivity index (χ1) is 17.9. The van der Waals surface area contributed by atoms with E-state index in [1.54, 1.807) is 30.3 Å². The second-order valence-electron chi connectivity index (χ2n) is 7.96. The number of thioether (sulfide) groups is 1. The summed E-state index contributed by atoms with van der Waals surface area (Å²) in [4.78, 5) is 83.8. The number of nitrogens with zero attached hydrogens (tertiary/aromatic N) is 1. The SMILES string of the molecule is COC(=O)C(Cc1ccccc1)NC(=O)C(=O)CSCC(NC(=O)CCC(N)C(=O)O)C(=O)N(C)C(=O)O. The molecular weight excluding hydrogens is 524 g/mol. The van der Waals surface area contributed by atoms with Crippen LogP contribution in [-0.4, -0.2) is 100 Å². The minimum atomic E-state index is -1.59. The lowest BCUT2D eigenvalue weighted by molar-refractivity contribution is -0.146. The van der Waals surface area contributed by atoms with Gasteiger partial charge >= 0.3 is 18.0 Å². The third-order valence-electron chi connectivity index (χ3n) is 5.10. The van der Waals surface area contributed by atoms with E-state index in [-0.39, 0.29) is 25.0 Å². The van der Waals surface area contributed by atoms with E-state index < -0.39 is 65.4 Å². The van der Waals surface area contributed by atoms with Gasteiger partial charge in [0, 0.05) is 25.6 Å². The molecule has 0 aliphatic heterocycles. The molecule has 0 saturated heterocycles. The zero-order chi connectivity index (χ0) is 28.8. The number of benzene rings is 1. The van der Waals surface area contributed by atoms with Crippen molar-refractivity contribution in [3.05, 3.63) is 35.9 Å². The van der Waals surface area contributed by atoms with Gasteiger partial charge in [-0.2, -0.15) is 11.8 Å². The number of hydrogen-bond donors (Lipinski definition) is 5. The Balaban J connectivity index is 2.76. The third kappa shape index (κ3) is 11.0. The third-order valence-corrected chi connectivity index (χ3v) is 6.13. The number of nitrogens with two attached hydrogens (primary N) is 1. The highest BCUT2D eigenvalue weighted by molar-refractivity contribution is 8.00. The van der Waals surface area contributed by atoms with Gasteiger partial charge in [0.2, 0.25) is 11.7 Å². The Morgan fingerprint density at radius 3 is 2.21 bits per heavy atom. The summed E-state index contributed by atoms with van der Waals surface area (Å²) in [5.74, 6) is -6.58. The lowest BCUT2D eigenvalue weighted by Gasteiger charge is -2.21. The number of Topliss-reactive ketones (excluding diaryl/α,β-unsaturated/α-hetero) is 1. The number of ketones is 1. The number of amides is 4. The summed E-state index contributed by atoms with van der Waals surface area (Å²) in [5, 5.41) is 22.5. The highest BCUT2D eigenvalue weighted by atomic mass is 32.2. The van der Waals surface area contributed by atoms with Crippen molar-refractivity contribution >= 4 is 53.3 Å². The standard InChI is InChI=1S/C23H30N4O10S/c1-27(23(35)36)20(31)16(25-18(29)9-8-14(24)21(32)33)11-38-12-17(28)19(30)26-15(22(34)37-2)10-13-6-4-3-5-7-13/h3-7,14-16H,8-12,24H2,1-2H3,(H,25,29)(H,26,30)(H,32,33)(H,35,36). The van der Waals surface area contributed by atoms with E-state index >= 15 is 0 Å². The van der Waals surface area contributed by atoms with Crippen molar-refractivity contribution in [1.82, 2.24) is 15.5 Å². The number of hydrogen-bond acceptors (Lipinski definition) is 10. The number of likely N-dealkylation sites (N-methyl/N-ethyl adjacent to an activating group) is 1. The van der Waals surface area contributed by atoms with Crippen LogP contribution in [0.4, 0.5) is 4.79 Å². The number of imide groups is 1. The minimum Gasteiger partial charge on any atom is -0.480 e. The molecule has 0 aromatic heterocycles. The normalized spacial score (nSPS) is 12.8. The predicted molar refractivity (Wildman–Crippen MR) is 134 cm³/mol. The summed E-state index contributed by atoms with van der Waals surface area (Å²) in [5.41, 5.74) is 6.07. The molecule has 6 N–H and O–H groups in total. The summed E-state index contributed by atoms with van der Waals surface area (Å²) < 4.78 is 4.69. The molecule has 0 aliphatic carbocycles. The lowest BCUT2D eigenvalue weighted by atomic mass is 10.1. The Kier molecular flexibility index (Phi) is 13.5. The number of rotatable bonds is 15. The maximum atomic E-state index is 12.5. The molecule has 0 fully saturated rings. The summed E-state index contributed by atoms with van der Waals surface area (Å²) in [6.07, 6.45) is -2.09. The average molecular weight is 555 g/mol. The molecule has 15 heteroatoms. The zero-order valence-corrected chi connectivity index (χ0v) is 21.6. The van der Waals surface area contributed by atoms with Gasteiger partial charge in [-0.1, -0.05) is 30.3 Å². The van der Waals surface area contributed by atoms with E-state index in [9.17, 15) is 33.6 Å². The minimum absolute atomic E-state index is 0.0787. The van der Waals surface area contributed by atoms with Crippen LogP contribution in [0.25, 0.3) is 0 Å². The van der Waals surface area contributed by atoms with Crippen LogP contribution in [0.5, 0.6) is 0 Å². The van der Waals surface area contributed by atoms with Gasteiger partial charge in [0.25, 0.3) is 11.8 Å². The molecule has 38 heavy (non-hydrogen) atoms. The lowest BCUT2D eigenvalue weighted by Crippen LogP contribution is -2.50. The number of carbonyl (C=O) groups is 7. The van der Waals surface area contributed by atoms with Crippen LogP contribution >= 0.6 is 11.8 Å². The number of esters is 1. The van der Waals surface area contributed by atoms with Crippen LogP contribution in [0.3, 0.4) is 0 Å². The highest BCUT2D eigenvalue weighted by Crippen LogP contribution is 2.09. The van der Waals surface area contributed by atoms with Crippen molar-refractivity contribution < 1.29 is 48.5 Å². The van der Waals surface area contributed by atoms with Crippen molar-refractivity contribution in [3.8, 4) is 0 Å².